The molecule has 1 aliphatic heterocycles. The van der Waals surface area contributed by atoms with Gasteiger partial charge in [-0.1, -0.05) is 24.3 Å². The van der Waals surface area contributed by atoms with Gasteiger partial charge in [0.15, 0.2) is 0 Å². The fourth-order valence-electron chi connectivity index (χ4n) is 3.27. The summed E-state index contributed by atoms with van der Waals surface area (Å²) in [4.78, 5) is 18.9. The second-order valence-electron chi connectivity index (χ2n) is 6.46. The van der Waals surface area contributed by atoms with E-state index in [1.54, 1.807) is 36.1 Å². The van der Waals surface area contributed by atoms with E-state index in [9.17, 15) is 0 Å². The summed E-state index contributed by atoms with van der Waals surface area (Å²) < 4.78 is 5.99. The number of ether oxygens (including phenoxy) is 1. The third-order valence-electron chi connectivity index (χ3n) is 4.58. The maximum Gasteiger partial charge on any atom is 0.223 e. The average Bonchev–Trinajstić information content (AvgIpc) is 3.42. The first-order valence-corrected chi connectivity index (χ1v) is 9.90. The van der Waals surface area contributed by atoms with Gasteiger partial charge in [0.1, 0.15) is 11.9 Å². The predicted molar refractivity (Wildman–Crippen MR) is 109 cm³/mol. The monoisotopic (exact) mass is 387 g/mol. The van der Waals surface area contributed by atoms with Crippen LogP contribution in [0.15, 0.2) is 66.6 Å². The fourth-order valence-corrected chi connectivity index (χ4v) is 3.99. The molecule has 0 radical (unpaired) electrons. The largest absolute Gasteiger partial charge is 0.488 e. The molecule has 7 heteroatoms. The second-order valence-corrected chi connectivity index (χ2v) is 7.40. The van der Waals surface area contributed by atoms with Crippen molar-refractivity contribution in [3.63, 3.8) is 0 Å². The molecule has 0 saturated heterocycles. The zero-order valence-electron chi connectivity index (χ0n) is 14.9. The number of para-hydroxylation sites is 1. The van der Waals surface area contributed by atoms with Crippen LogP contribution in [0.3, 0.4) is 0 Å². The minimum Gasteiger partial charge on any atom is -0.488 e. The van der Waals surface area contributed by atoms with Crippen molar-refractivity contribution in [1.29, 1.82) is 0 Å². The summed E-state index contributed by atoms with van der Waals surface area (Å²) in [6, 6.07) is 12.2. The standard InChI is InChI=1S/C21H17N5OS/c1-2-5-18-14(4-1)10-15(27-18)11-24-21-25-12-16(17-13-22-7-8-23-17)20(26-21)19-6-3-9-28-19/h1-9,12-13,15H,10-11H2,(H,24,25,26)/t15-/m0/s1. The Bertz CT molecular complexity index is 1060. The Kier molecular flexibility index (Phi) is 4.42. The van der Waals surface area contributed by atoms with Crippen LogP contribution in [0.4, 0.5) is 5.95 Å². The van der Waals surface area contributed by atoms with Crippen molar-refractivity contribution in [2.75, 3.05) is 11.9 Å². The van der Waals surface area contributed by atoms with E-state index < -0.39 is 0 Å². The highest BCUT2D eigenvalue weighted by molar-refractivity contribution is 7.13. The Morgan fingerprint density at radius 2 is 2.04 bits per heavy atom. The molecule has 4 heterocycles. The quantitative estimate of drug-likeness (QED) is 0.556. The lowest BCUT2D eigenvalue weighted by atomic mass is 10.1. The van der Waals surface area contributed by atoms with Gasteiger partial charge in [-0.2, -0.15) is 0 Å². The van der Waals surface area contributed by atoms with Gasteiger partial charge in [-0.25, -0.2) is 9.97 Å². The summed E-state index contributed by atoms with van der Waals surface area (Å²) in [5.41, 5.74) is 3.72. The number of benzene rings is 1. The van der Waals surface area contributed by atoms with Crippen LogP contribution in [0, 0.1) is 0 Å². The molecule has 28 heavy (non-hydrogen) atoms. The van der Waals surface area contributed by atoms with E-state index in [1.165, 1.54) is 5.56 Å². The second kappa shape index (κ2) is 7.36. The first-order valence-electron chi connectivity index (χ1n) is 9.02. The van der Waals surface area contributed by atoms with E-state index >= 15 is 0 Å². The molecule has 1 atom stereocenters. The van der Waals surface area contributed by atoms with Gasteiger partial charge in [-0.3, -0.25) is 9.97 Å². The molecule has 0 spiro atoms. The number of thiophene rings is 1. The summed E-state index contributed by atoms with van der Waals surface area (Å²) in [6.45, 7) is 0.642. The normalized spacial score (nSPS) is 15.1. The Morgan fingerprint density at radius 1 is 1.07 bits per heavy atom. The molecule has 0 fully saturated rings. The van der Waals surface area contributed by atoms with Crippen LogP contribution >= 0.6 is 11.3 Å². The number of fused-ring (bicyclic) bond motifs is 1. The molecule has 3 aromatic heterocycles. The third kappa shape index (κ3) is 3.32. The zero-order valence-corrected chi connectivity index (χ0v) is 15.8. The first kappa shape index (κ1) is 16.8. The molecule has 138 valence electrons. The molecular formula is C21H17N5OS. The van der Waals surface area contributed by atoms with Crippen LogP contribution < -0.4 is 10.1 Å². The van der Waals surface area contributed by atoms with Crippen molar-refractivity contribution in [2.45, 2.75) is 12.5 Å². The lowest BCUT2D eigenvalue weighted by molar-refractivity contribution is 0.246. The molecule has 4 aromatic rings. The molecule has 1 aromatic carbocycles. The van der Waals surface area contributed by atoms with E-state index in [4.69, 9.17) is 9.72 Å². The maximum atomic E-state index is 5.99. The van der Waals surface area contributed by atoms with Crippen molar-refractivity contribution >= 4 is 17.3 Å². The van der Waals surface area contributed by atoms with Crippen molar-refractivity contribution in [3.05, 3.63) is 72.1 Å². The van der Waals surface area contributed by atoms with Crippen LogP contribution in [0.25, 0.3) is 21.8 Å². The average molecular weight is 387 g/mol. The number of nitrogens with zero attached hydrogens (tertiary/aromatic N) is 4. The SMILES string of the molecule is c1csc(-c2nc(NC[C@@H]3Cc4ccccc4O3)ncc2-c2cnccn2)c1. The first-order chi connectivity index (χ1) is 13.9. The molecule has 5 rings (SSSR count). The summed E-state index contributed by atoms with van der Waals surface area (Å²) in [6.07, 6.45) is 7.83. The molecule has 0 saturated carbocycles. The third-order valence-corrected chi connectivity index (χ3v) is 5.46. The molecule has 6 nitrogen and oxygen atoms in total. The number of hydrogen-bond donors (Lipinski definition) is 1. The van der Waals surface area contributed by atoms with Crippen LogP contribution in [0.1, 0.15) is 5.56 Å². The van der Waals surface area contributed by atoms with Gasteiger partial charge in [0, 0.05) is 30.6 Å². The highest BCUT2D eigenvalue weighted by Gasteiger charge is 2.22. The lowest BCUT2D eigenvalue weighted by Gasteiger charge is -2.13. The Labute approximate surface area is 166 Å². The van der Waals surface area contributed by atoms with Crippen LogP contribution in [-0.4, -0.2) is 32.6 Å². The van der Waals surface area contributed by atoms with E-state index in [2.05, 4.69) is 26.3 Å². The number of anilines is 1. The molecule has 0 bridgehead atoms. The predicted octanol–water partition coefficient (Wildman–Crippen LogP) is 4.08. The van der Waals surface area contributed by atoms with Crippen LogP contribution in [-0.2, 0) is 6.42 Å². The van der Waals surface area contributed by atoms with Gasteiger partial charge < -0.3 is 10.1 Å². The minimum atomic E-state index is 0.0749. The Morgan fingerprint density at radius 3 is 2.86 bits per heavy atom. The highest BCUT2D eigenvalue weighted by atomic mass is 32.1. The van der Waals surface area contributed by atoms with Crippen molar-refractivity contribution in [1.82, 2.24) is 19.9 Å². The van der Waals surface area contributed by atoms with E-state index in [0.29, 0.717) is 12.5 Å². The molecule has 0 unspecified atom stereocenters. The van der Waals surface area contributed by atoms with Crippen molar-refractivity contribution in [3.8, 4) is 27.6 Å². The summed E-state index contributed by atoms with van der Waals surface area (Å²) in [5.74, 6) is 1.54. The Balaban J connectivity index is 1.38. The van der Waals surface area contributed by atoms with Gasteiger partial charge in [0.2, 0.25) is 5.95 Å². The topological polar surface area (TPSA) is 72.8 Å². The molecular weight excluding hydrogens is 370 g/mol. The Hall–Kier alpha value is -3.32. The minimum absolute atomic E-state index is 0.0749. The van der Waals surface area contributed by atoms with Gasteiger partial charge in [0.25, 0.3) is 0 Å². The summed E-state index contributed by atoms with van der Waals surface area (Å²) >= 11 is 1.64. The summed E-state index contributed by atoms with van der Waals surface area (Å²) in [7, 11) is 0. The fraction of sp³-hybridized carbons (Fsp3) is 0.143. The molecule has 0 amide bonds. The van der Waals surface area contributed by atoms with E-state index in [0.717, 1.165) is 34.0 Å². The van der Waals surface area contributed by atoms with Crippen LogP contribution in [0.5, 0.6) is 5.75 Å². The molecule has 1 N–H and O–H groups in total. The number of hydrogen-bond acceptors (Lipinski definition) is 7. The number of nitrogens with one attached hydrogen (secondary N) is 1. The van der Waals surface area contributed by atoms with Crippen LogP contribution in [0.2, 0.25) is 0 Å². The number of aromatic nitrogens is 4. The van der Waals surface area contributed by atoms with Gasteiger partial charge in [-0.05, 0) is 23.1 Å². The van der Waals surface area contributed by atoms with Gasteiger partial charge in [-0.15, -0.1) is 11.3 Å². The van der Waals surface area contributed by atoms with E-state index in [1.807, 2.05) is 35.7 Å². The summed E-state index contributed by atoms with van der Waals surface area (Å²) in [5, 5.41) is 5.36. The lowest BCUT2D eigenvalue weighted by Crippen LogP contribution is -2.24. The van der Waals surface area contributed by atoms with E-state index in [-0.39, 0.29) is 6.10 Å². The van der Waals surface area contributed by atoms with Crippen molar-refractivity contribution < 1.29 is 4.74 Å². The maximum absolute atomic E-state index is 5.99. The molecule has 1 aliphatic rings. The van der Waals surface area contributed by atoms with Gasteiger partial charge in [0.05, 0.1) is 29.0 Å². The highest BCUT2D eigenvalue weighted by Crippen LogP contribution is 2.32. The molecule has 0 aliphatic carbocycles. The van der Waals surface area contributed by atoms with Gasteiger partial charge >= 0.3 is 0 Å². The number of rotatable bonds is 5. The van der Waals surface area contributed by atoms with Crippen molar-refractivity contribution in [2.24, 2.45) is 0 Å². The smallest absolute Gasteiger partial charge is 0.223 e. The zero-order chi connectivity index (χ0) is 18.8.